The van der Waals surface area contributed by atoms with E-state index < -0.39 is 0 Å². The number of hydrogen-bond acceptors (Lipinski definition) is 4. The summed E-state index contributed by atoms with van der Waals surface area (Å²) in [7, 11) is 1.63. The van der Waals surface area contributed by atoms with Crippen LogP contribution in [0.3, 0.4) is 0 Å². The highest BCUT2D eigenvalue weighted by atomic mass is 16.5. The van der Waals surface area contributed by atoms with E-state index in [1.165, 1.54) is 0 Å². The Morgan fingerprint density at radius 1 is 1.50 bits per heavy atom. The van der Waals surface area contributed by atoms with Gasteiger partial charge in [-0.1, -0.05) is 18.2 Å². The molecule has 1 aromatic carbocycles. The number of nitrogens with two attached hydrogens (primary N) is 1. The number of amides is 1. The first-order chi connectivity index (χ1) is 8.69. The summed E-state index contributed by atoms with van der Waals surface area (Å²) in [4.78, 5) is 13.7. The second-order valence-corrected chi connectivity index (χ2v) is 4.54. The van der Waals surface area contributed by atoms with E-state index >= 15 is 0 Å². The standard InChI is InChI=1S/C13H19N3O2/c1-18-12-5-3-2-4-10(12)6-15-13(17)9-16-7-11(14)8-16/h2-5,11H,6-9,14H2,1H3,(H,15,17). The molecule has 1 aromatic rings. The SMILES string of the molecule is COc1ccccc1CNC(=O)CN1CC(N)C1. The topological polar surface area (TPSA) is 67.6 Å². The lowest BCUT2D eigenvalue weighted by Crippen LogP contribution is -2.57. The van der Waals surface area contributed by atoms with Gasteiger partial charge in [0, 0.05) is 31.2 Å². The average molecular weight is 249 g/mol. The lowest BCUT2D eigenvalue weighted by molar-refractivity contribution is -0.123. The Morgan fingerprint density at radius 2 is 2.22 bits per heavy atom. The normalized spacial score (nSPS) is 16.1. The maximum absolute atomic E-state index is 11.7. The van der Waals surface area contributed by atoms with Crippen molar-refractivity contribution in [1.82, 2.24) is 10.2 Å². The van der Waals surface area contributed by atoms with Crippen LogP contribution in [0, 0.1) is 0 Å². The number of nitrogens with zero attached hydrogens (tertiary/aromatic N) is 1. The summed E-state index contributed by atoms with van der Waals surface area (Å²) < 4.78 is 5.23. The molecule has 1 aliphatic rings. The number of rotatable bonds is 5. The third-order valence-corrected chi connectivity index (χ3v) is 3.02. The highest BCUT2D eigenvalue weighted by molar-refractivity contribution is 5.78. The van der Waals surface area contributed by atoms with Crippen molar-refractivity contribution in [2.75, 3.05) is 26.7 Å². The van der Waals surface area contributed by atoms with Crippen LogP contribution in [-0.2, 0) is 11.3 Å². The van der Waals surface area contributed by atoms with Gasteiger partial charge in [0.2, 0.25) is 5.91 Å². The van der Waals surface area contributed by atoms with Crippen LogP contribution in [0.1, 0.15) is 5.56 Å². The molecule has 0 spiro atoms. The van der Waals surface area contributed by atoms with Crippen molar-refractivity contribution >= 4 is 5.91 Å². The summed E-state index contributed by atoms with van der Waals surface area (Å²) >= 11 is 0. The van der Waals surface area contributed by atoms with E-state index in [1.807, 2.05) is 29.2 Å². The van der Waals surface area contributed by atoms with Gasteiger partial charge in [0.15, 0.2) is 0 Å². The van der Waals surface area contributed by atoms with E-state index in [0.29, 0.717) is 13.1 Å². The molecule has 0 atom stereocenters. The van der Waals surface area contributed by atoms with E-state index in [1.54, 1.807) is 7.11 Å². The molecule has 1 aliphatic heterocycles. The van der Waals surface area contributed by atoms with Crippen LogP contribution in [0.2, 0.25) is 0 Å². The summed E-state index contributed by atoms with van der Waals surface area (Å²) in [5.74, 6) is 0.816. The van der Waals surface area contributed by atoms with E-state index in [2.05, 4.69) is 5.32 Å². The first-order valence-electron chi connectivity index (χ1n) is 6.05. The third kappa shape index (κ3) is 3.21. The van der Waals surface area contributed by atoms with Crippen LogP contribution in [-0.4, -0.2) is 43.6 Å². The highest BCUT2D eigenvalue weighted by Gasteiger charge is 2.24. The number of benzene rings is 1. The molecular weight excluding hydrogens is 230 g/mol. The molecule has 0 unspecified atom stereocenters. The Kier molecular flexibility index (Phi) is 4.17. The van der Waals surface area contributed by atoms with Crippen LogP contribution < -0.4 is 15.8 Å². The molecule has 1 amide bonds. The Bertz CT molecular complexity index is 416. The van der Waals surface area contributed by atoms with Gasteiger partial charge in [0.25, 0.3) is 0 Å². The predicted molar refractivity (Wildman–Crippen MR) is 69.3 cm³/mol. The summed E-state index contributed by atoms with van der Waals surface area (Å²) in [6.07, 6.45) is 0. The maximum Gasteiger partial charge on any atom is 0.234 e. The molecule has 0 aliphatic carbocycles. The van der Waals surface area contributed by atoms with Crippen molar-refractivity contribution in [3.05, 3.63) is 29.8 Å². The molecule has 0 saturated carbocycles. The number of hydrogen-bond donors (Lipinski definition) is 2. The van der Waals surface area contributed by atoms with Gasteiger partial charge in [-0.25, -0.2) is 0 Å². The Labute approximate surface area is 107 Å². The molecule has 1 heterocycles. The molecule has 98 valence electrons. The van der Waals surface area contributed by atoms with Gasteiger partial charge in [-0.2, -0.15) is 0 Å². The van der Waals surface area contributed by atoms with E-state index in [9.17, 15) is 4.79 Å². The number of para-hydroxylation sites is 1. The first-order valence-corrected chi connectivity index (χ1v) is 6.05. The molecule has 1 fully saturated rings. The molecule has 3 N–H and O–H groups in total. The van der Waals surface area contributed by atoms with E-state index in [4.69, 9.17) is 10.5 Å². The van der Waals surface area contributed by atoms with Crippen molar-refractivity contribution in [3.63, 3.8) is 0 Å². The van der Waals surface area contributed by atoms with Gasteiger partial charge in [-0.05, 0) is 6.07 Å². The maximum atomic E-state index is 11.7. The smallest absolute Gasteiger partial charge is 0.234 e. The molecular formula is C13H19N3O2. The average Bonchev–Trinajstić information content (AvgIpc) is 2.35. The van der Waals surface area contributed by atoms with Crippen molar-refractivity contribution in [3.8, 4) is 5.75 Å². The summed E-state index contributed by atoms with van der Waals surface area (Å²) in [5.41, 5.74) is 6.64. The molecule has 5 nitrogen and oxygen atoms in total. The van der Waals surface area contributed by atoms with Crippen LogP contribution in [0.15, 0.2) is 24.3 Å². The predicted octanol–water partition coefficient (Wildman–Crippen LogP) is -0.0457. The van der Waals surface area contributed by atoms with Gasteiger partial charge < -0.3 is 15.8 Å². The fourth-order valence-electron chi connectivity index (χ4n) is 2.04. The summed E-state index contributed by atoms with van der Waals surface area (Å²) in [6.45, 7) is 2.52. The highest BCUT2D eigenvalue weighted by Crippen LogP contribution is 2.16. The number of likely N-dealkylation sites (tertiary alicyclic amines) is 1. The van der Waals surface area contributed by atoms with Crippen LogP contribution in [0.5, 0.6) is 5.75 Å². The van der Waals surface area contributed by atoms with Gasteiger partial charge in [-0.3, -0.25) is 9.69 Å². The first kappa shape index (κ1) is 12.9. The summed E-state index contributed by atoms with van der Waals surface area (Å²) in [5, 5.41) is 2.89. The number of methoxy groups -OCH3 is 1. The van der Waals surface area contributed by atoms with Crippen molar-refractivity contribution in [1.29, 1.82) is 0 Å². The monoisotopic (exact) mass is 249 g/mol. The second kappa shape index (κ2) is 5.84. The van der Waals surface area contributed by atoms with Crippen molar-refractivity contribution < 1.29 is 9.53 Å². The molecule has 0 bridgehead atoms. The van der Waals surface area contributed by atoms with Crippen molar-refractivity contribution in [2.24, 2.45) is 5.73 Å². The largest absolute Gasteiger partial charge is 0.496 e. The lowest BCUT2D eigenvalue weighted by atomic mass is 10.1. The Hall–Kier alpha value is -1.59. The minimum Gasteiger partial charge on any atom is -0.496 e. The van der Waals surface area contributed by atoms with E-state index in [-0.39, 0.29) is 11.9 Å². The summed E-state index contributed by atoms with van der Waals surface area (Å²) in [6, 6.07) is 7.89. The van der Waals surface area contributed by atoms with Gasteiger partial charge in [0.05, 0.1) is 13.7 Å². The quantitative estimate of drug-likeness (QED) is 0.768. The van der Waals surface area contributed by atoms with Gasteiger partial charge >= 0.3 is 0 Å². The minimum absolute atomic E-state index is 0.0211. The number of carbonyl (C=O) groups is 1. The zero-order chi connectivity index (χ0) is 13.0. The minimum atomic E-state index is 0.0211. The lowest BCUT2D eigenvalue weighted by Gasteiger charge is -2.36. The molecule has 0 radical (unpaired) electrons. The fourth-order valence-corrected chi connectivity index (χ4v) is 2.04. The molecule has 0 aromatic heterocycles. The zero-order valence-electron chi connectivity index (χ0n) is 10.6. The second-order valence-electron chi connectivity index (χ2n) is 4.54. The molecule has 1 saturated heterocycles. The molecule has 18 heavy (non-hydrogen) atoms. The van der Waals surface area contributed by atoms with Gasteiger partial charge in [0.1, 0.15) is 5.75 Å². The molecule has 5 heteroatoms. The fraction of sp³-hybridized carbons (Fsp3) is 0.462. The third-order valence-electron chi connectivity index (χ3n) is 3.02. The number of nitrogens with one attached hydrogen (secondary N) is 1. The van der Waals surface area contributed by atoms with Crippen LogP contribution >= 0.6 is 0 Å². The van der Waals surface area contributed by atoms with Gasteiger partial charge in [-0.15, -0.1) is 0 Å². The van der Waals surface area contributed by atoms with E-state index in [0.717, 1.165) is 24.4 Å². The molecule has 2 rings (SSSR count). The number of carbonyl (C=O) groups excluding carboxylic acids is 1. The Balaban J connectivity index is 1.78. The van der Waals surface area contributed by atoms with Crippen molar-refractivity contribution in [2.45, 2.75) is 12.6 Å². The zero-order valence-corrected chi connectivity index (χ0v) is 10.6. The van der Waals surface area contributed by atoms with Crippen LogP contribution in [0.25, 0.3) is 0 Å². The van der Waals surface area contributed by atoms with Crippen LogP contribution in [0.4, 0.5) is 0 Å². The number of ether oxygens (including phenoxy) is 1. The Morgan fingerprint density at radius 3 is 2.89 bits per heavy atom.